The smallest absolute Gasteiger partial charge is 0.236 e. The highest BCUT2D eigenvalue weighted by Gasteiger charge is 2.29. The number of nitrogens with zero attached hydrogens (tertiary/aromatic N) is 4. The highest BCUT2D eigenvalue weighted by atomic mass is 35.5. The second kappa shape index (κ2) is 11.5. The summed E-state index contributed by atoms with van der Waals surface area (Å²) in [6, 6.07) is 11.0. The van der Waals surface area contributed by atoms with Gasteiger partial charge in [0.05, 0.1) is 12.2 Å². The van der Waals surface area contributed by atoms with E-state index in [0.29, 0.717) is 38.4 Å². The van der Waals surface area contributed by atoms with Crippen LogP contribution in [-0.4, -0.2) is 73.0 Å². The molecular weight excluding hydrogens is 428 g/mol. The first kappa shape index (κ1) is 24.3. The fraction of sp³-hybridized carbons (Fsp3) is 0.429. The second-order valence-electron chi connectivity index (χ2n) is 7.30. The van der Waals surface area contributed by atoms with Crippen LogP contribution in [0.2, 0.25) is 0 Å². The average Bonchev–Trinajstić information content (AvgIpc) is 2.75. The molecule has 1 N–H and O–H groups in total. The molecule has 3 heterocycles. The van der Waals surface area contributed by atoms with Gasteiger partial charge in [-0.2, -0.15) is 0 Å². The Morgan fingerprint density at radius 2 is 1.83 bits per heavy atom. The van der Waals surface area contributed by atoms with Crippen molar-refractivity contribution >= 4 is 36.4 Å². The van der Waals surface area contributed by atoms with Gasteiger partial charge in [-0.25, -0.2) is 4.39 Å². The van der Waals surface area contributed by atoms with E-state index in [4.69, 9.17) is 0 Å². The molecule has 1 aromatic carbocycles. The maximum Gasteiger partial charge on any atom is 0.236 e. The van der Waals surface area contributed by atoms with Crippen molar-refractivity contribution in [1.82, 2.24) is 20.1 Å². The van der Waals surface area contributed by atoms with Crippen LogP contribution in [0.4, 0.5) is 10.1 Å². The van der Waals surface area contributed by atoms with Crippen molar-refractivity contribution in [3.8, 4) is 0 Å². The Labute approximate surface area is 189 Å². The molecule has 2 aliphatic heterocycles. The van der Waals surface area contributed by atoms with Gasteiger partial charge in [0.1, 0.15) is 5.82 Å². The molecule has 0 saturated carbocycles. The summed E-state index contributed by atoms with van der Waals surface area (Å²) in [4.78, 5) is 23.3. The molecule has 2 aromatic rings. The molecule has 9 heteroatoms. The molecule has 0 aliphatic carbocycles. The van der Waals surface area contributed by atoms with Gasteiger partial charge in [0.25, 0.3) is 0 Å². The predicted molar refractivity (Wildman–Crippen MR) is 121 cm³/mol. The van der Waals surface area contributed by atoms with E-state index in [9.17, 15) is 9.18 Å². The molecule has 0 spiro atoms. The summed E-state index contributed by atoms with van der Waals surface area (Å²) in [5.41, 5.74) is 1.75. The molecule has 2 fully saturated rings. The number of pyridine rings is 1. The summed E-state index contributed by atoms with van der Waals surface area (Å²) in [5, 5.41) is 3.41. The van der Waals surface area contributed by atoms with E-state index in [-0.39, 0.29) is 42.6 Å². The highest BCUT2D eigenvalue weighted by Crippen LogP contribution is 2.23. The number of piperazine rings is 2. The predicted octanol–water partition coefficient (Wildman–Crippen LogP) is 2.36. The number of nitrogens with one attached hydrogen (secondary N) is 1. The number of anilines is 1. The normalized spacial score (nSPS) is 19.6. The molecule has 0 radical (unpaired) electrons. The third kappa shape index (κ3) is 5.60. The van der Waals surface area contributed by atoms with Crippen LogP contribution in [0.3, 0.4) is 0 Å². The van der Waals surface area contributed by atoms with Crippen molar-refractivity contribution in [3.63, 3.8) is 0 Å². The minimum absolute atomic E-state index is 0. The van der Waals surface area contributed by atoms with Crippen molar-refractivity contribution in [2.75, 3.05) is 57.3 Å². The third-order valence-corrected chi connectivity index (χ3v) is 5.59. The minimum atomic E-state index is -0.206. The van der Waals surface area contributed by atoms with Crippen LogP contribution in [0.15, 0.2) is 48.8 Å². The summed E-state index contributed by atoms with van der Waals surface area (Å²) in [6.45, 7) is 5.49. The van der Waals surface area contributed by atoms with E-state index in [1.165, 1.54) is 6.07 Å². The fourth-order valence-electron chi connectivity index (χ4n) is 4.02. The minimum Gasteiger partial charge on any atom is -0.366 e. The number of carbonyl (C=O) groups is 1. The number of hydrogen-bond donors (Lipinski definition) is 1. The lowest BCUT2D eigenvalue weighted by Gasteiger charge is -2.39. The maximum absolute atomic E-state index is 14.0. The summed E-state index contributed by atoms with van der Waals surface area (Å²) in [6.07, 6.45) is 3.65. The van der Waals surface area contributed by atoms with E-state index in [0.717, 1.165) is 25.2 Å². The Morgan fingerprint density at radius 3 is 2.53 bits per heavy atom. The highest BCUT2D eigenvalue weighted by molar-refractivity contribution is 5.85. The van der Waals surface area contributed by atoms with E-state index >= 15 is 0 Å². The van der Waals surface area contributed by atoms with Gasteiger partial charge in [0.2, 0.25) is 5.91 Å². The van der Waals surface area contributed by atoms with Gasteiger partial charge < -0.3 is 15.1 Å². The SMILES string of the molecule is Cl.Cl.O=C(CN1CCNCC1c1cccnc1)N1CCN(c2ccccc2F)CC1. The number of halogens is 3. The van der Waals surface area contributed by atoms with Gasteiger partial charge >= 0.3 is 0 Å². The lowest BCUT2D eigenvalue weighted by molar-refractivity contribution is -0.133. The Morgan fingerprint density at radius 1 is 1.07 bits per heavy atom. The largest absolute Gasteiger partial charge is 0.366 e. The van der Waals surface area contributed by atoms with Crippen molar-refractivity contribution in [2.24, 2.45) is 0 Å². The standard InChI is InChI=1S/C21H26FN5O.2ClH/c22-18-5-1-2-6-19(18)25-10-12-26(13-11-25)21(28)16-27-9-8-24-15-20(27)17-4-3-7-23-14-17;;/h1-7,14,20,24H,8-13,15-16H2;2*1H. The Kier molecular flexibility index (Phi) is 9.30. The van der Waals surface area contributed by atoms with Gasteiger partial charge in [-0.15, -0.1) is 24.8 Å². The first-order valence-corrected chi connectivity index (χ1v) is 9.84. The number of carbonyl (C=O) groups excluding carboxylic acids is 1. The van der Waals surface area contributed by atoms with Gasteiger partial charge in [-0.05, 0) is 23.8 Å². The summed E-state index contributed by atoms with van der Waals surface area (Å²) in [5.74, 6) is -0.0635. The molecule has 1 unspecified atom stereocenters. The van der Waals surface area contributed by atoms with Gasteiger partial charge in [-0.3, -0.25) is 14.7 Å². The molecule has 1 atom stereocenters. The van der Waals surface area contributed by atoms with E-state index < -0.39 is 0 Å². The zero-order valence-corrected chi connectivity index (χ0v) is 18.4. The van der Waals surface area contributed by atoms with Crippen LogP contribution in [0, 0.1) is 5.82 Å². The lowest BCUT2D eigenvalue weighted by Crippen LogP contribution is -2.54. The maximum atomic E-state index is 14.0. The molecule has 2 saturated heterocycles. The van der Waals surface area contributed by atoms with Crippen molar-refractivity contribution in [2.45, 2.75) is 6.04 Å². The second-order valence-corrected chi connectivity index (χ2v) is 7.30. The van der Waals surface area contributed by atoms with Crippen molar-refractivity contribution < 1.29 is 9.18 Å². The van der Waals surface area contributed by atoms with Crippen LogP contribution >= 0.6 is 24.8 Å². The summed E-state index contributed by atoms with van der Waals surface area (Å²) < 4.78 is 14.0. The van der Waals surface area contributed by atoms with Crippen LogP contribution in [0.5, 0.6) is 0 Å². The molecule has 1 aromatic heterocycles. The molecule has 6 nitrogen and oxygen atoms in total. The Bertz CT molecular complexity index is 805. The van der Waals surface area contributed by atoms with Gasteiger partial charge in [0.15, 0.2) is 0 Å². The zero-order chi connectivity index (χ0) is 19.3. The fourth-order valence-corrected chi connectivity index (χ4v) is 4.02. The molecule has 1 amide bonds. The summed E-state index contributed by atoms with van der Waals surface area (Å²) in [7, 11) is 0. The van der Waals surface area contributed by atoms with Crippen LogP contribution in [0.25, 0.3) is 0 Å². The number of hydrogen-bond acceptors (Lipinski definition) is 5. The number of aromatic nitrogens is 1. The summed E-state index contributed by atoms with van der Waals surface area (Å²) >= 11 is 0. The first-order chi connectivity index (χ1) is 13.7. The third-order valence-electron chi connectivity index (χ3n) is 5.59. The Balaban J connectivity index is 0.00000160. The quantitative estimate of drug-likeness (QED) is 0.766. The number of amides is 1. The molecular formula is C21H28Cl2FN5O. The van der Waals surface area contributed by atoms with Crippen LogP contribution < -0.4 is 10.2 Å². The van der Waals surface area contributed by atoms with Crippen LogP contribution in [-0.2, 0) is 4.79 Å². The van der Waals surface area contributed by atoms with E-state index in [2.05, 4.69) is 21.3 Å². The van der Waals surface area contributed by atoms with Crippen molar-refractivity contribution in [1.29, 1.82) is 0 Å². The molecule has 164 valence electrons. The number of para-hydroxylation sites is 1. The van der Waals surface area contributed by atoms with Gasteiger partial charge in [-0.1, -0.05) is 18.2 Å². The molecule has 30 heavy (non-hydrogen) atoms. The molecule has 0 bridgehead atoms. The van der Waals surface area contributed by atoms with Crippen LogP contribution in [0.1, 0.15) is 11.6 Å². The number of benzene rings is 1. The monoisotopic (exact) mass is 455 g/mol. The van der Waals surface area contributed by atoms with E-state index in [1.54, 1.807) is 18.3 Å². The first-order valence-electron chi connectivity index (χ1n) is 9.84. The van der Waals surface area contributed by atoms with Crippen molar-refractivity contribution in [3.05, 3.63) is 60.2 Å². The Hall–Kier alpha value is -1.93. The lowest BCUT2D eigenvalue weighted by atomic mass is 10.1. The number of rotatable bonds is 4. The van der Waals surface area contributed by atoms with Gasteiger partial charge in [0, 0.05) is 64.2 Å². The van der Waals surface area contributed by atoms with E-state index in [1.807, 2.05) is 28.1 Å². The topological polar surface area (TPSA) is 51.7 Å². The molecule has 4 rings (SSSR count). The zero-order valence-electron chi connectivity index (χ0n) is 16.7. The average molecular weight is 456 g/mol. The molecule has 2 aliphatic rings.